The van der Waals surface area contributed by atoms with Crippen LogP contribution in [0.15, 0.2) is 23.8 Å². The Morgan fingerprint density at radius 1 is 1.38 bits per heavy atom. The molecule has 0 radical (unpaired) electrons. The Kier molecular flexibility index (Phi) is 2.86. The molecule has 2 unspecified atom stereocenters. The summed E-state index contributed by atoms with van der Waals surface area (Å²) >= 11 is 0. The minimum atomic E-state index is -4.51. The Hall–Kier alpha value is -0.770. The molecule has 2 atom stereocenters. The van der Waals surface area contributed by atoms with Gasteiger partial charge in [-0.2, -0.15) is 13.2 Å². The first kappa shape index (κ1) is 11.7. The van der Waals surface area contributed by atoms with Crippen molar-refractivity contribution in [3.8, 4) is 0 Å². The van der Waals surface area contributed by atoms with Gasteiger partial charge in [-0.3, -0.25) is 0 Å². The molecule has 16 heavy (non-hydrogen) atoms. The normalized spacial score (nSPS) is 35.2. The van der Waals surface area contributed by atoms with E-state index in [9.17, 15) is 18.3 Å². The van der Waals surface area contributed by atoms with E-state index in [1.54, 1.807) is 0 Å². The number of allylic oxidation sites excluding steroid dienone is 4. The van der Waals surface area contributed by atoms with Crippen molar-refractivity contribution in [3.05, 3.63) is 23.8 Å². The van der Waals surface area contributed by atoms with Crippen LogP contribution in [0.3, 0.4) is 0 Å². The molecule has 1 saturated carbocycles. The molecule has 4 heteroatoms. The predicted molar refractivity (Wildman–Crippen MR) is 54.8 cm³/mol. The molecule has 0 aromatic rings. The van der Waals surface area contributed by atoms with E-state index in [1.165, 1.54) is 0 Å². The number of halogens is 3. The van der Waals surface area contributed by atoms with Crippen LogP contribution in [0.1, 0.15) is 32.1 Å². The summed E-state index contributed by atoms with van der Waals surface area (Å²) in [7, 11) is 0. The zero-order valence-corrected chi connectivity index (χ0v) is 8.93. The van der Waals surface area contributed by atoms with E-state index in [0.29, 0.717) is 19.3 Å². The molecule has 0 amide bonds. The van der Waals surface area contributed by atoms with Gasteiger partial charge in [0.2, 0.25) is 0 Å². The maximum absolute atomic E-state index is 12.8. The van der Waals surface area contributed by atoms with Crippen molar-refractivity contribution in [1.82, 2.24) is 0 Å². The summed E-state index contributed by atoms with van der Waals surface area (Å²) < 4.78 is 38.3. The molecule has 1 nitrogen and oxygen atoms in total. The second-order valence-corrected chi connectivity index (χ2v) is 4.69. The molecule has 2 aliphatic rings. The van der Waals surface area contributed by atoms with Crippen molar-refractivity contribution in [3.63, 3.8) is 0 Å². The van der Waals surface area contributed by atoms with Gasteiger partial charge in [0.15, 0.2) is 5.60 Å². The first-order chi connectivity index (χ1) is 7.42. The van der Waals surface area contributed by atoms with E-state index in [0.717, 1.165) is 5.57 Å². The van der Waals surface area contributed by atoms with Crippen molar-refractivity contribution in [2.45, 2.75) is 43.9 Å². The van der Waals surface area contributed by atoms with Crippen molar-refractivity contribution >= 4 is 0 Å². The van der Waals surface area contributed by atoms with Gasteiger partial charge in [-0.05, 0) is 38.0 Å². The lowest BCUT2D eigenvalue weighted by Crippen LogP contribution is -2.45. The Bertz CT molecular complexity index is 330. The third-order valence-corrected chi connectivity index (χ3v) is 3.56. The highest BCUT2D eigenvalue weighted by molar-refractivity contribution is 5.23. The van der Waals surface area contributed by atoms with Crippen LogP contribution in [-0.2, 0) is 0 Å². The summed E-state index contributed by atoms with van der Waals surface area (Å²) in [5, 5.41) is 9.75. The number of hydrogen-bond donors (Lipinski definition) is 1. The van der Waals surface area contributed by atoms with Crippen LogP contribution < -0.4 is 0 Å². The minimum absolute atomic E-state index is 0.140. The van der Waals surface area contributed by atoms with E-state index in [4.69, 9.17) is 0 Å². The zero-order chi connectivity index (χ0) is 11.8. The quantitative estimate of drug-likeness (QED) is 0.679. The average Bonchev–Trinajstić information content (AvgIpc) is 2.35. The standard InChI is InChI=1S/C12H15F3O/c13-12(14,15)11(16)7-3-6-9-4-1-2-5-10(9)8-11/h1-2,4,10,16H,3,5-8H2. The fourth-order valence-electron chi connectivity index (χ4n) is 2.58. The highest BCUT2D eigenvalue weighted by Gasteiger charge is 2.54. The molecule has 1 N–H and O–H groups in total. The van der Waals surface area contributed by atoms with Crippen molar-refractivity contribution < 1.29 is 18.3 Å². The van der Waals surface area contributed by atoms with Gasteiger partial charge in [-0.1, -0.05) is 23.8 Å². The first-order valence-electron chi connectivity index (χ1n) is 5.57. The number of alkyl halides is 3. The van der Waals surface area contributed by atoms with E-state index in [2.05, 4.69) is 0 Å². The third kappa shape index (κ3) is 2.03. The van der Waals surface area contributed by atoms with Gasteiger partial charge in [0, 0.05) is 0 Å². The Morgan fingerprint density at radius 2 is 2.12 bits per heavy atom. The summed E-state index contributed by atoms with van der Waals surface area (Å²) in [5.74, 6) is -0.140. The fourth-order valence-corrected chi connectivity index (χ4v) is 2.58. The number of aliphatic hydroxyl groups is 1. The lowest BCUT2D eigenvalue weighted by atomic mass is 9.83. The van der Waals surface area contributed by atoms with Crippen LogP contribution in [0.4, 0.5) is 13.2 Å². The Balaban J connectivity index is 2.22. The lowest BCUT2D eigenvalue weighted by molar-refractivity contribution is -0.266. The summed E-state index contributed by atoms with van der Waals surface area (Å²) in [6, 6.07) is 0. The van der Waals surface area contributed by atoms with Crippen LogP contribution in [0.25, 0.3) is 0 Å². The van der Waals surface area contributed by atoms with Gasteiger partial charge in [-0.15, -0.1) is 0 Å². The summed E-state index contributed by atoms with van der Waals surface area (Å²) in [5.41, 5.74) is -1.43. The fraction of sp³-hybridized carbons (Fsp3) is 0.667. The molecule has 1 fully saturated rings. The van der Waals surface area contributed by atoms with Crippen molar-refractivity contribution in [1.29, 1.82) is 0 Å². The van der Waals surface area contributed by atoms with Gasteiger partial charge in [0.25, 0.3) is 0 Å². The molecule has 0 bridgehead atoms. The molecule has 0 spiro atoms. The number of hydrogen-bond acceptors (Lipinski definition) is 1. The summed E-state index contributed by atoms with van der Waals surface area (Å²) in [6.07, 6.45) is 2.49. The van der Waals surface area contributed by atoms with Crippen molar-refractivity contribution in [2.75, 3.05) is 0 Å². The summed E-state index contributed by atoms with van der Waals surface area (Å²) in [4.78, 5) is 0. The minimum Gasteiger partial charge on any atom is -0.380 e. The zero-order valence-electron chi connectivity index (χ0n) is 8.93. The molecular weight excluding hydrogens is 217 g/mol. The highest BCUT2D eigenvalue weighted by Crippen LogP contribution is 2.45. The van der Waals surface area contributed by atoms with Crippen LogP contribution >= 0.6 is 0 Å². The molecule has 0 aromatic carbocycles. The van der Waals surface area contributed by atoms with E-state index < -0.39 is 11.8 Å². The third-order valence-electron chi connectivity index (χ3n) is 3.56. The second kappa shape index (κ2) is 3.91. The van der Waals surface area contributed by atoms with Crippen LogP contribution in [0.5, 0.6) is 0 Å². The molecule has 0 saturated heterocycles. The van der Waals surface area contributed by atoms with Gasteiger partial charge < -0.3 is 5.11 Å². The maximum atomic E-state index is 12.8. The van der Waals surface area contributed by atoms with Crippen LogP contribution in [0, 0.1) is 5.92 Å². The molecule has 0 aliphatic heterocycles. The predicted octanol–water partition coefficient (Wildman–Crippen LogP) is 3.36. The number of rotatable bonds is 0. The van der Waals surface area contributed by atoms with E-state index >= 15 is 0 Å². The molecule has 0 heterocycles. The Labute approximate surface area is 92.7 Å². The molecule has 90 valence electrons. The first-order valence-corrected chi connectivity index (χ1v) is 5.57. The average molecular weight is 232 g/mol. The largest absolute Gasteiger partial charge is 0.417 e. The molecule has 0 aromatic heterocycles. The maximum Gasteiger partial charge on any atom is 0.417 e. The second-order valence-electron chi connectivity index (χ2n) is 4.69. The monoisotopic (exact) mass is 232 g/mol. The van der Waals surface area contributed by atoms with Gasteiger partial charge in [-0.25, -0.2) is 0 Å². The van der Waals surface area contributed by atoms with Crippen molar-refractivity contribution in [2.24, 2.45) is 5.92 Å². The smallest absolute Gasteiger partial charge is 0.380 e. The topological polar surface area (TPSA) is 20.2 Å². The van der Waals surface area contributed by atoms with Gasteiger partial charge in [0.1, 0.15) is 0 Å². The SMILES string of the molecule is OC1(C(F)(F)F)CCCC2=CC=CCC2C1. The van der Waals surface area contributed by atoms with Gasteiger partial charge in [0.05, 0.1) is 0 Å². The highest BCUT2D eigenvalue weighted by atomic mass is 19.4. The Morgan fingerprint density at radius 3 is 2.81 bits per heavy atom. The van der Waals surface area contributed by atoms with Gasteiger partial charge >= 0.3 is 6.18 Å². The molecule has 2 rings (SSSR count). The molecule has 2 aliphatic carbocycles. The lowest BCUT2D eigenvalue weighted by Gasteiger charge is -2.32. The van der Waals surface area contributed by atoms with E-state index in [1.807, 2.05) is 18.2 Å². The van der Waals surface area contributed by atoms with Crippen LogP contribution in [-0.4, -0.2) is 16.9 Å². The molecular formula is C12H15F3O. The van der Waals surface area contributed by atoms with Crippen LogP contribution in [0.2, 0.25) is 0 Å². The number of fused-ring (bicyclic) bond motifs is 1. The summed E-state index contributed by atoms with van der Waals surface area (Å²) in [6.45, 7) is 0. The van der Waals surface area contributed by atoms with E-state index in [-0.39, 0.29) is 18.8 Å².